The molecule has 3 aromatic heterocycles. The molecular formula is C21H21F3N8O3. The second kappa shape index (κ2) is 7.88. The number of nitrogens with zero attached hydrogens (tertiary/aromatic N) is 6. The van der Waals surface area contributed by atoms with Crippen LogP contribution in [0.2, 0.25) is 0 Å². The Morgan fingerprint density at radius 2 is 2.03 bits per heavy atom. The van der Waals surface area contributed by atoms with Gasteiger partial charge in [0.2, 0.25) is 5.82 Å². The number of nitrogens with one attached hydrogen (secondary N) is 1. The third kappa shape index (κ3) is 4.04. The highest BCUT2D eigenvalue weighted by Gasteiger charge is 2.42. The first-order valence-corrected chi connectivity index (χ1v) is 10.6. The van der Waals surface area contributed by atoms with Crippen LogP contribution in [0.25, 0.3) is 22.2 Å². The first-order chi connectivity index (χ1) is 16.4. The molecule has 0 radical (unpaired) electrons. The molecule has 0 saturated carbocycles. The number of aromatic nitrogens is 6. The molecule has 1 saturated heterocycles. The van der Waals surface area contributed by atoms with Gasteiger partial charge in [0.15, 0.2) is 11.5 Å². The summed E-state index contributed by atoms with van der Waals surface area (Å²) in [6.07, 6.45) is -3.06. The maximum absolute atomic E-state index is 13.4. The van der Waals surface area contributed by atoms with Crippen LogP contribution in [-0.4, -0.2) is 75.3 Å². The molecule has 1 aromatic carbocycles. The van der Waals surface area contributed by atoms with Crippen LogP contribution >= 0.6 is 0 Å². The molecule has 5 rings (SSSR count). The molecule has 5 N–H and O–H groups in total. The van der Waals surface area contributed by atoms with Crippen molar-refractivity contribution in [2.45, 2.75) is 37.3 Å². The number of aliphatic hydroxyl groups is 2. The summed E-state index contributed by atoms with van der Waals surface area (Å²) in [5, 5.41) is 21.8. The van der Waals surface area contributed by atoms with E-state index in [0.29, 0.717) is 11.2 Å². The van der Waals surface area contributed by atoms with Crippen molar-refractivity contribution in [2.75, 3.05) is 18.8 Å². The fourth-order valence-corrected chi connectivity index (χ4v) is 4.52. The molecule has 4 heterocycles. The van der Waals surface area contributed by atoms with Gasteiger partial charge in [0.1, 0.15) is 11.8 Å². The topological polar surface area (TPSA) is 159 Å². The number of halogens is 3. The van der Waals surface area contributed by atoms with Gasteiger partial charge in [0.05, 0.1) is 35.1 Å². The Morgan fingerprint density at radius 3 is 2.77 bits per heavy atom. The minimum Gasteiger partial charge on any atom is -0.391 e. The number of aromatic amines is 1. The molecule has 0 aliphatic carbocycles. The van der Waals surface area contributed by atoms with Gasteiger partial charge in [-0.05, 0) is 25.1 Å². The number of anilines is 1. The minimum atomic E-state index is -4.66. The molecule has 1 fully saturated rings. The molecular weight excluding hydrogens is 469 g/mol. The van der Waals surface area contributed by atoms with Gasteiger partial charge in [-0.1, -0.05) is 0 Å². The summed E-state index contributed by atoms with van der Waals surface area (Å²) in [5.41, 5.74) is 5.31. The molecule has 1 amide bonds. The lowest BCUT2D eigenvalue weighted by molar-refractivity contribution is -0.144. The number of carbonyl (C=O) groups is 1. The molecule has 0 bridgehead atoms. The van der Waals surface area contributed by atoms with Crippen LogP contribution in [-0.2, 0) is 6.18 Å². The number of likely N-dealkylation sites (tertiary alicyclic amines) is 1. The smallest absolute Gasteiger partial charge is 0.391 e. The Hall–Kier alpha value is -3.78. The van der Waals surface area contributed by atoms with Crippen LogP contribution in [0.4, 0.5) is 19.0 Å². The van der Waals surface area contributed by atoms with Crippen molar-refractivity contribution in [3.8, 4) is 0 Å². The Morgan fingerprint density at radius 1 is 1.26 bits per heavy atom. The van der Waals surface area contributed by atoms with Gasteiger partial charge in [0.25, 0.3) is 5.91 Å². The number of aliphatic hydroxyl groups excluding tert-OH is 1. The molecule has 1 aliphatic rings. The van der Waals surface area contributed by atoms with E-state index in [-0.39, 0.29) is 41.9 Å². The summed E-state index contributed by atoms with van der Waals surface area (Å²) in [4.78, 5) is 32.8. The van der Waals surface area contributed by atoms with E-state index < -0.39 is 35.7 Å². The highest BCUT2D eigenvalue weighted by Crippen LogP contribution is 2.35. The van der Waals surface area contributed by atoms with Crippen LogP contribution in [0, 0.1) is 0 Å². The second-order valence-corrected chi connectivity index (χ2v) is 8.84. The first kappa shape index (κ1) is 23.0. The lowest BCUT2D eigenvalue weighted by Crippen LogP contribution is -2.42. The predicted octanol–water partition coefficient (Wildman–Crippen LogP) is 1.50. The molecule has 184 valence electrons. The van der Waals surface area contributed by atoms with E-state index >= 15 is 0 Å². The number of imidazole rings is 2. The number of carbonyl (C=O) groups excluding carboxylic acids is 1. The average Bonchev–Trinajstić information content (AvgIpc) is 3.37. The highest BCUT2D eigenvalue weighted by molar-refractivity contribution is 5.97. The molecule has 1 aliphatic heterocycles. The molecule has 11 nitrogen and oxygen atoms in total. The monoisotopic (exact) mass is 490 g/mol. The molecule has 3 atom stereocenters. The van der Waals surface area contributed by atoms with Crippen molar-refractivity contribution in [1.82, 2.24) is 34.4 Å². The van der Waals surface area contributed by atoms with Crippen molar-refractivity contribution < 1.29 is 28.2 Å². The summed E-state index contributed by atoms with van der Waals surface area (Å²) in [6.45, 7) is 1.41. The molecule has 0 spiro atoms. The Balaban J connectivity index is 1.51. The van der Waals surface area contributed by atoms with E-state index in [2.05, 4.69) is 24.9 Å². The van der Waals surface area contributed by atoms with E-state index in [9.17, 15) is 28.2 Å². The van der Waals surface area contributed by atoms with E-state index in [0.717, 1.165) is 0 Å². The highest BCUT2D eigenvalue weighted by atomic mass is 19.4. The van der Waals surface area contributed by atoms with Crippen LogP contribution in [0.3, 0.4) is 0 Å². The van der Waals surface area contributed by atoms with Crippen LogP contribution in [0.15, 0.2) is 30.9 Å². The van der Waals surface area contributed by atoms with Crippen molar-refractivity contribution in [2.24, 2.45) is 0 Å². The number of fused-ring (bicyclic) bond motifs is 2. The molecule has 0 unspecified atom stereocenters. The van der Waals surface area contributed by atoms with Crippen LogP contribution in [0.5, 0.6) is 0 Å². The van der Waals surface area contributed by atoms with Gasteiger partial charge in [-0.15, -0.1) is 0 Å². The second-order valence-electron chi connectivity index (χ2n) is 8.84. The van der Waals surface area contributed by atoms with E-state index in [1.54, 1.807) is 11.5 Å². The quantitative estimate of drug-likeness (QED) is 0.329. The maximum atomic E-state index is 13.4. The third-order valence-corrected chi connectivity index (χ3v) is 6.20. The summed E-state index contributed by atoms with van der Waals surface area (Å²) < 4.78 is 40.6. The lowest BCUT2D eigenvalue weighted by Gasteiger charge is -2.34. The zero-order chi connectivity index (χ0) is 25.1. The van der Waals surface area contributed by atoms with Gasteiger partial charge in [-0.25, -0.2) is 19.9 Å². The maximum Gasteiger partial charge on any atom is 0.449 e. The first-order valence-electron chi connectivity index (χ1n) is 10.6. The Bertz CT molecular complexity index is 1430. The normalized spacial score (nSPS) is 23.7. The number of hydrogen-bond acceptors (Lipinski definition) is 8. The van der Waals surface area contributed by atoms with Crippen LogP contribution in [0.1, 0.15) is 35.6 Å². The van der Waals surface area contributed by atoms with Crippen molar-refractivity contribution in [3.63, 3.8) is 0 Å². The predicted molar refractivity (Wildman–Crippen MR) is 117 cm³/mol. The zero-order valence-corrected chi connectivity index (χ0v) is 18.4. The molecule has 14 heteroatoms. The van der Waals surface area contributed by atoms with E-state index in [1.807, 2.05) is 0 Å². The number of rotatable bonds is 2. The number of hydrogen-bond donors (Lipinski definition) is 4. The fraction of sp³-hybridized carbons (Fsp3) is 0.381. The lowest BCUT2D eigenvalue weighted by atomic mass is 9.91. The van der Waals surface area contributed by atoms with Gasteiger partial charge >= 0.3 is 6.18 Å². The molecule has 4 aromatic rings. The standard InChI is InChI=1S/C21H21F3N8O3/c1-20(35)5-11(33)6-31(7-14(20)32-9-28-15-16(25)26-8-27-17(15)32)18(34)10-2-3-12-13(4-10)30-19(29-12)21(22,23)24/h2-4,8-9,11,14,33,35H,5-7H2,1H3,(H,29,30)(H2,25,26,27)/t11-,14+,20+/m1/s1. The fourth-order valence-electron chi connectivity index (χ4n) is 4.52. The molecule has 35 heavy (non-hydrogen) atoms. The number of nitrogen functional groups attached to an aromatic ring is 1. The average molecular weight is 490 g/mol. The Labute approximate surface area is 195 Å². The summed E-state index contributed by atoms with van der Waals surface area (Å²) in [6, 6.07) is 3.21. The zero-order valence-electron chi connectivity index (χ0n) is 18.4. The van der Waals surface area contributed by atoms with Gasteiger partial charge in [-0.3, -0.25) is 4.79 Å². The minimum absolute atomic E-state index is 0.0346. The van der Waals surface area contributed by atoms with Gasteiger partial charge in [0, 0.05) is 25.1 Å². The summed E-state index contributed by atoms with van der Waals surface area (Å²) in [7, 11) is 0. The largest absolute Gasteiger partial charge is 0.449 e. The van der Waals surface area contributed by atoms with Gasteiger partial charge < -0.3 is 30.4 Å². The van der Waals surface area contributed by atoms with Crippen molar-refractivity contribution in [1.29, 1.82) is 0 Å². The number of β-amino-alcohol motifs (C(OH)–C–C–N with tert-alkyl or cyclic N) is 1. The number of nitrogens with two attached hydrogens (primary N) is 1. The number of benzene rings is 1. The number of alkyl halides is 3. The number of H-pyrrole nitrogens is 1. The summed E-state index contributed by atoms with van der Waals surface area (Å²) >= 11 is 0. The number of amides is 1. The SMILES string of the molecule is C[C@]1(O)C[C@@H](O)CN(C(=O)c2ccc3nc(C(F)(F)F)[nH]c3c2)C[C@@H]1n1cnc2c(N)ncnc21. The van der Waals surface area contributed by atoms with E-state index in [1.165, 1.54) is 35.8 Å². The summed E-state index contributed by atoms with van der Waals surface area (Å²) in [5.74, 6) is -1.54. The van der Waals surface area contributed by atoms with Gasteiger partial charge in [-0.2, -0.15) is 13.2 Å². The van der Waals surface area contributed by atoms with Crippen molar-refractivity contribution >= 4 is 33.9 Å². The van der Waals surface area contributed by atoms with Crippen molar-refractivity contribution in [3.05, 3.63) is 42.2 Å². The Kier molecular flexibility index (Phi) is 5.18. The van der Waals surface area contributed by atoms with E-state index in [4.69, 9.17) is 5.73 Å². The van der Waals surface area contributed by atoms with Crippen LogP contribution < -0.4 is 5.73 Å². The third-order valence-electron chi connectivity index (χ3n) is 6.20.